The zero-order chi connectivity index (χ0) is 33.6. The molecular formula is C35H38F2N8O4. The summed E-state index contributed by atoms with van der Waals surface area (Å²) < 4.78 is 36.4. The summed E-state index contributed by atoms with van der Waals surface area (Å²) in [4.78, 5) is 47.4. The first-order chi connectivity index (χ1) is 23.8. The Morgan fingerprint density at radius 1 is 1.06 bits per heavy atom. The molecule has 8 rings (SSSR count). The van der Waals surface area contributed by atoms with Crippen molar-refractivity contribution in [3.05, 3.63) is 83.1 Å². The van der Waals surface area contributed by atoms with Crippen molar-refractivity contribution in [2.75, 3.05) is 29.9 Å². The third kappa shape index (κ3) is 6.25. The van der Waals surface area contributed by atoms with Crippen LogP contribution in [0, 0.1) is 5.92 Å². The summed E-state index contributed by atoms with van der Waals surface area (Å²) in [7, 11) is 0. The van der Waals surface area contributed by atoms with Crippen molar-refractivity contribution in [1.82, 2.24) is 29.9 Å². The van der Waals surface area contributed by atoms with Crippen LogP contribution in [0.25, 0.3) is 0 Å². The molecular weight excluding hydrogens is 634 g/mol. The third-order valence-electron chi connectivity index (χ3n) is 10.2. The molecule has 0 spiro atoms. The highest BCUT2D eigenvalue weighted by atomic mass is 19.3. The van der Waals surface area contributed by atoms with Crippen LogP contribution in [0.1, 0.15) is 90.0 Å². The number of fused-ring (bicyclic) bond motifs is 1. The minimum Gasteiger partial charge on any atom is -0.472 e. The fraction of sp³-hybridized carbons (Fsp3) is 0.457. The Kier molecular flexibility index (Phi) is 8.26. The number of anilines is 2. The maximum atomic E-state index is 14.4. The highest BCUT2D eigenvalue weighted by Gasteiger charge is 2.40. The molecule has 1 aromatic carbocycles. The van der Waals surface area contributed by atoms with Gasteiger partial charge in [-0.3, -0.25) is 29.3 Å². The van der Waals surface area contributed by atoms with E-state index in [0.717, 1.165) is 55.0 Å². The number of benzene rings is 1. The minimum absolute atomic E-state index is 0.0568. The van der Waals surface area contributed by atoms with Gasteiger partial charge in [0.1, 0.15) is 18.1 Å². The second-order valence-electron chi connectivity index (χ2n) is 13.5. The number of carbonyl (C=O) groups is 3. The monoisotopic (exact) mass is 672 g/mol. The molecule has 0 bridgehead atoms. The zero-order valence-electron chi connectivity index (χ0n) is 26.9. The summed E-state index contributed by atoms with van der Waals surface area (Å²) in [6.07, 6.45) is 7.63. The van der Waals surface area contributed by atoms with Gasteiger partial charge in [0, 0.05) is 68.9 Å². The largest absolute Gasteiger partial charge is 0.472 e. The Morgan fingerprint density at radius 3 is 2.67 bits per heavy atom. The number of pyridine rings is 1. The van der Waals surface area contributed by atoms with Crippen LogP contribution in [-0.4, -0.2) is 68.0 Å². The first-order valence-electron chi connectivity index (χ1n) is 17.0. The molecule has 3 aromatic rings. The average molecular weight is 673 g/mol. The van der Waals surface area contributed by atoms with E-state index < -0.39 is 24.6 Å². The van der Waals surface area contributed by atoms with Crippen molar-refractivity contribution in [2.45, 2.75) is 76.4 Å². The Morgan fingerprint density at radius 2 is 1.90 bits per heavy atom. The molecule has 2 unspecified atom stereocenters. The summed E-state index contributed by atoms with van der Waals surface area (Å²) >= 11 is 0. The molecule has 3 amide bonds. The van der Waals surface area contributed by atoms with Crippen molar-refractivity contribution in [1.29, 1.82) is 0 Å². The average Bonchev–Trinajstić information content (AvgIpc) is 3.45. The maximum Gasteiger partial charge on any atom is 0.284 e. The number of ether oxygens (including phenoxy) is 1. The fourth-order valence-corrected chi connectivity index (χ4v) is 7.35. The van der Waals surface area contributed by atoms with Gasteiger partial charge in [0.15, 0.2) is 5.69 Å². The molecule has 12 nitrogen and oxygen atoms in total. The Bertz CT molecular complexity index is 1800. The molecule has 2 saturated heterocycles. The van der Waals surface area contributed by atoms with Gasteiger partial charge in [0.25, 0.3) is 12.3 Å². The number of likely N-dealkylation sites (tertiary alicyclic amines) is 1. The molecule has 2 aromatic heterocycles. The first-order valence-corrected chi connectivity index (χ1v) is 17.0. The normalized spacial score (nSPS) is 23.0. The van der Waals surface area contributed by atoms with E-state index in [9.17, 15) is 23.2 Å². The lowest BCUT2D eigenvalue weighted by atomic mass is 10.0. The lowest BCUT2D eigenvalue weighted by molar-refractivity contribution is -0.136. The van der Waals surface area contributed by atoms with E-state index in [2.05, 4.69) is 25.6 Å². The lowest BCUT2D eigenvalue weighted by Crippen LogP contribution is -2.52. The van der Waals surface area contributed by atoms with Crippen LogP contribution in [0.3, 0.4) is 0 Å². The van der Waals surface area contributed by atoms with Crippen LogP contribution in [0.5, 0.6) is 0 Å². The Hall–Kier alpha value is -4.85. The van der Waals surface area contributed by atoms with Gasteiger partial charge in [-0.2, -0.15) is 5.10 Å². The molecule has 256 valence electrons. The second-order valence-corrected chi connectivity index (χ2v) is 13.5. The van der Waals surface area contributed by atoms with Gasteiger partial charge in [-0.1, -0.05) is 12.1 Å². The van der Waals surface area contributed by atoms with E-state index in [1.54, 1.807) is 39.1 Å². The van der Waals surface area contributed by atoms with E-state index in [-0.39, 0.29) is 30.0 Å². The van der Waals surface area contributed by atoms with Crippen molar-refractivity contribution >= 4 is 29.2 Å². The Balaban J connectivity index is 0.934. The fourth-order valence-electron chi connectivity index (χ4n) is 7.35. The number of amides is 3. The van der Waals surface area contributed by atoms with Crippen LogP contribution in [0.4, 0.5) is 20.3 Å². The first kappa shape index (κ1) is 31.4. The van der Waals surface area contributed by atoms with E-state index in [4.69, 9.17) is 4.74 Å². The predicted molar refractivity (Wildman–Crippen MR) is 174 cm³/mol. The van der Waals surface area contributed by atoms with Crippen molar-refractivity contribution < 1.29 is 27.9 Å². The number of imide groups is 1. The van der Waals surface area contributed by atoms with E-state index >= 15 is 0 Å². The van der Waals surface area contributed by atoms with Crippen molar-refractivity contribution in [2.24, 2.45) is 5.92 Å². The molecule has 4 aliphatic heterocycles. The highest BCUT2D eigenvalue weighted by molar-refractivity contribution is 6.05. The zero-order valence-corrected chi connectivity index (χ0v) is 26.9. The molecule has 0 radical (unpaired) electrons. The van der Waals surface area contributed by atoms with E-state index in [1.165, 1.54) is 19.1 Å². The number of alkyl halides is 2. The van der Waals surface area contributed by atoms with Crippen LogP contribution in [-0.2, 0) is 27.4 Å². The third-order valence-corrected chi connectivity index (χ3v) is 10.2. The highest BCUT2D eigenvalue weighted by Crippen LogP contribution is 2.40. The van der Waals surface area contributed by atoms with Crippen molar-refractivity contribution in [3.63, 3.8) is 0 Å². The van der Waals surface area contributed by atoms with Crippen LogP contribution in [0.2, 0.25) is 0 Å². The number of carbonyl (C=O) groups excluding carboxylic acids is 3. The van der Waals surface area contributed by atoms with Crippen LogP contribution >= 0.6 is 0 Å². The SMILES string of the molecule is O=C1CCC(N2Cc3c(CN4CCC(n5cc(N6C=COC6c6ccnc(NCC7CC7)c6)c(C(F)F)n5)CC4)cccc3C2=O)C(=O)N1. The number of nitrogens with one attached hydrogen (secondary N) is 2. The minimum atomic E-state index is -2.76. The van der Waals surface area contributed by atoms with Crippen LogP contribution < -0.4 is 15.5 Å². The molecule has 5 aliphatic rings. The van der Waals surface area contributed by atoms with Gasteiger partial charge >= 0.3 is 0 Å². The van der Waals surface area contributed by atoms with Gasteiger partial charge < -0.3 is 19.9 Å². The summed E-state index contributed by atoms with van der Waals surface area (Å²) in [5, 5.41) is 10.1. The van der Waals surface area contributed by atoms with Crippen LogP contribution in [0.15, 0.2) is 55.2 Å². The smallest absolute Gasteiger partial charge is 0.284 e. The topological polar surface area (TPSA) is 125 Å². The number of hydrogen-bond donors (Lipinski definition) is 2. The number of hydrogen-bond acceptors (Lipinski definition) is 9. The summed E-state index contributed by atoms with van der Waals surface area (Å²) in [5.41, 5.74) is 3.35. The van der Waals surface area contributed by atoms with Crippen molar-refractivity contribution in [3.8, 4) is 0 Å². The lowest BCUT2D eigenvalue weighted by Gasteiger charge is -2.32. The standard InChI is InChI=1S/C35H38F2N8O4/c36-32(37)31-28(43-14-15-49-35(43)22-8-11-38-29(16-22)39-17-21-4-5-21)20-45(41-31)24-9-12-42(13-10-24)18-23-2-1-3-25-26(23)19-44(34(25)48)27-6-7-30(46)40-33(27)47/h1-3,8,11,14-16,20-21,24,27,32,35H,4-7,9-10,12-13,17-19H2,(H,38,39)(H,40,46,47). The van der Waals surface area contributed by atoms with Gasteiger partial charge in [-0.25, -0.2) is 13.8 Å². The molecule has 3 fully saturated rings. The molecule has 1 saturated carbocycles. The molecule has 2 atom stereocenters. The van der Waals surface area contributed by atoms with Gasteiger partial charge in [0.2, 0.25) is 18.0 Å². The second kappa shape index (κ2) is 12.9. The maximum absolute atomic E-state index is 14.4. The van der Waals surface area contributed by atoms with Gasteiger partial charge in [-0.05, 0) is 67.3 Å². The number of nitrogens with zero attached hydrogens (tertiary/aromatic N) is 6. The molecule has 1 aliphatic carbocycles. The van der Waals surface area contributed by atoms with Gasteiger partial charge in [-0.15, -0.1) is 0 Å². The number of halogens is 2. The van der Waals surface area contributed by atoms with E-state index in [0.29, 0.717) is 36.7 Å². The number of piperidine rings is 2. The number of aromatic nitrogens is 3. The molecule has 2 N–H and O–H groups in total. The molecule has 14 heteroatoms. The summed E-state index contributed by atoms with van der Waals surface area (Å²) in [5.74, 6) is 0.483. The summed E-state index contributed by atoms with van der Waals surface area (Å²) in [6, 6.07) is 8.69. The summed E-state index contributed by atoms with van der Waals surface area (Å²) in [6.45, 7) is 3.26. The van der Waals surface area contributed by atoms with Gasteiger partial charge in [0.05, 0.1) is 11.7 Å². The molecule has 49 heavy (non-hydrogen) atoms. The predicted octanol–water partition coefficient (Wildman–Crippen LogP) is 4.64. The van der Waals surface area contributed by atoms with E-state index in [1.807, 2.05) is 24.3 Å². The molecule has 6 heterocycles. The number of rotatable bonds is 10. The Labute approximate surface area is 282 Å². The quantitative estimate of drug-likeness (QED) is 0.297.